The SMILES string of the molecule is N/C(=C(/C(=O)O)N(N)Cc1ccc2ncc(Cl)cc2c1)C(F)(F)F. The average Bonchev–Trinajstić information content (AvgIpc) is 2.45. The molecule has 2 aromatic rings. The Bertz CT molecular complexity index is 823. The van der Waals surface area contributed by atoms with Gasteiger partial charge < -0.3 is 10.8 Å². The van der Waals surface area contributed by atoms with Crippen molar-refractivity contribution < 1.29 is 23.1 Å². The maximum Gasteiger partial charge on any atom is 0.433 e. The van der Waals surface area contributed by atoms with Crippen molar-refractivity contribution in [3.63, 3.8) is 0 Å². The van der Waals surface area contributed by atoms with Gasteiger partial charge in [-0.2, -0.15) is 13.2 Å². The Morgan fingerprint density at radius 2 is 2.00 bits per heavy atom. The van der Waals surface area contributed by atoms with Gasteiger partial charge in [0.05, 0.1) is 17.1 Å². The first kappa shape index (κ1) is 17.8. The van der Waals surface area contributed by atoms with Crippen LogP contribution in [-0.2, 0) is 11.3 Å². The highest BCUT2D eigenvalue weighted by atomic mass is 35.5. The largest absolute Gasteiger partial charge is 0.476 e. The minimum absolute atomic E-state index is 0.305. The van der Waals surface area contributed by atoms with Gasteiger partial charge in [0.15, 0.2) is 5.70 Å². The number of hydrazine groups is 1. The van der Waals surface area contributed by atoms with Crippen LogP contribution >= 0.6 is 11.6 Å². The number of nitrogens with two attached hydrogens (primary N) is 2. The average molecular weight is 361 g/mol. The molecule has 0 atom stereocenters. The predicted octanol–water partition coefficient (Wildman–Crippen LogP) is 2.38. The van der Waals surface area contributed by atoms with Crippen molar-refractivity contribution in [3.05, 3.63) is 52.4 Å². The summed E-state index contributed by atoms with van der Waals surface area (Å²) in [6, 6.07) is 6.39. The number of benzene rings is 1. The molecule has 1 heterocycles. The van der Waals surface area contributed by atoms with E-state index in [1.807, 2.05) is 0 Å². The molecule has 6 nitrogen and oxygen atoms in total. The number of halogens is 4. The highest BCUT2D eigenvalue weighted by Gasteiger charge is 2.38. The third kappa shape index (κ3) is 3.87. The highest BCUT2D eigenvalue weighted by molar-refractivity contribution is 6.31. The fraction of sp³-hybridized carbons (Fsp3) is 0.143. The monoisotopic (exact) mass is 360 g/mol. The van der Waals surface area contributed by atoms with Crippen LogP contribution in [0.15, 0.2) is 41.9 Å². The van der Waals surface area contributed by atoms with Crippen molar-refractivity contribution in [2.45, 2.75) is 12.7 Å². The van der Waals surface area contributed by atoms with E-state index in [4.69, 9.17) is 28.3 Å². The topological polar surface area (TPSA) is 105 Å². The third-order valence-corrected chi connectivity index (χ3v) is 3.32. The predicted molar refractivity (Wildman–Crippen MR) is 81.4 cm³/mol. The molecule has 1 aromatic heterocycles. The molecule has 0 fully saturated rings. The van der Waals surface area contributed by atoms with Crippen LogP contribution in [0, 0.1) is 0 Å². The Hall–Kier alpha value is -2.52. The zero-order valence-corrected chi connectivity index (χ0v) is 12.8. The van der Waals surface area contributed by atoms with E-state index in [1.165, 1.54) is 6.20 Å². The number of aliphatic carboxylic acids is 1. The fourth-order valence-corrected chi connectivity index (χ4v) is 2.22. The molecule has 0 aliphatic heterocycles. The summed E-state index contributed by atoms with van der Waals surface area (Å²) in [4.78, 5) is 15.2. The first-order valence-corrected chi connectivity index (χ1v) is 6.84. The second-order valence-electron chi connectivity index (χ2n) is 4.87. The van der Waals surface area contributed by atoms with E-state index in [0.717, 1.165) is 0 Å². The second-order valence-corrected chi connectivity index (χ2v) is 5.31. The van der Waals surface area contributed by atoms with Gasteiger partial charge in [-0.05, 0) is 23.8 Å². The number of rotatable bonds is 4. The number of carboxylic acid groups (broad SMARTS) is 1. The summed E-state index contributed by atoms with van der Waals surface area (Å²) in [5.74, 6) is 3.62. The molecule has 10 heteroatoms. The smallest absolute Gasteiger partial charge is 0.433 e. The quantitative estimate of drug-likeness (QED) is 0.439. The van der Waals surface area contributed by atoms with E-state index in [1.54, 1.807) is 24.3 Å². The van der Waals surface area contributed by atoms with Crippen molar-refractivity contribution in [1.29, 1.82) is 0 Å². The number of pyridine rings is 1. The van der Waals surface area contributed by atoms with Crippen LogP contribution in [0.5, 0.6) is 0 Å². The van der Waals surface area contributed by atoms with Crippen LogP contribution in [0.4, 0.5) is 13.2 Å². The van der Waals surface area contributed by atoms with Crippen molar-refractivity contribution in [2.24, 2.45) is 11.6 Å². The molecule has 0 aliphatic rings. The molecule has 2 rings (SSSR count). The maximum atomic E-state index is 12.7. The molecule has 24 heavy (non-hydrogen) atoms. The normalized spacial score (nSPS) is 12.9. The van der Waals surface area contributed by atoms with Gasteiger partial charge in [-0.1, -0.05) is 17.7 Å². The molecule has 0 amide bonds. The van der Waals surface area contributed by atoms with E-state index < -0.39 is 23.5 Å². The number of nitrogens with zero attached hydrogens (tertiary/aromatic N) is 2. The molecule has 5 N–H and O–H groups in total. The molecule has 0 saturated carbocycles. The Labute approximate surface area is 139 Å². The number of aromatic nitrogens is 1. The Kier molecular flexibility index (Phi) is 4.86. The van der Waals surface area contributed by atoms with Gasteiger partial charge in [-0.15, -0.1) is 0 Å². The number of alkyl halides is 3. The molecular formula is C14H12ClF3N4O2. The molecule has 0 saturated heterocycles. The van der Waals surface area contributed by atoms with Gasteiger partial charge in [-0.3, -0.25) is 9.99 Å². The lowest BCUT2D eigenvalue weighted by molar-refractivity contribution is -0.136. The van der Waals surface area contributed by atoms with E-state index in [-0.39, 0.29) is 6.54 Å². The van der Waals surface area contributed by atoms with Crippen LogP contribution in [0.1, 0.15) is 5.56 Å². The van der Waals surface area contributed by atoms with Gasteiger partial charge in [0.2, 0.25) is 0 Å². The standard InChI is InChI=1S/C14H12ClF3N4O2/c15-9-4-8-3-7(1-2-10(8)21-5-9)6-22(20)11(13(23)24)12(19)14(16,17)18/h1-5H,6,19-20H2,(H,23,24)/b12-11-. The minimum Gasteiger partial charge on any atom is -0.476 e. The highest BCUT2D eigenvalue weighted by Crippen LogP contribution is 2.26. The van der Waals surface area contributed by atoms with Gasteiger partial charge in [0, 0.05) is 11.6 Å². The number of carbonyl (C=O) groups is 1. The van der Waals surface area contributed by atoms with Crippen molar-refractivity contribution in [2.75, 3.05) is 0 Å². The van der Waals surface area contributed by atoms with Gasteiger partial charge >= 0.3 is 12.1 Å². The van der Waals surface area contributed by atoms with E-state index in [0.29, 0.717) is 26.5 Å². The molecule has 0 radical (unpaired) electrons. The molecular weight excluding hydrogens is 349 g/mol. The van der Waals surface area contributed by atoms with Gasteiger partial charge in [0.1, 0.15) is 5.70 Å². The van der Waals surface area contributed by atoms with Crippen LogP contribution in [0.2, 0.25) is 5.02 Å². The van der Waals surface area contributed by atoms with Crippen LogP contribution in [0.25, 0.3) is 10.9 Å². The third-order valence-electron chi connectivity index (χ3n) is 3.12. The minimum atomic E-state index is -5.01. The Morgan fingerprint density at radius 1 is 1.33 bits per heavy atom. The first-order chi connectivity index (χ1) is 11.1. The number of hydrogen-bond acceptors (Lipinski definition) is 5. The number of hydrogen-bond donors (Lipinski definition) is 3. The van der Waals surface area contributed by atoms with Gasteiger partial charge in [0.25, 0.3) is 0 Å². The summed E-state index contributed by atoms with van der Waals surface area (Å²) in [5, 5.41) is 10.4. The molecule has 128 valence electrons. The molecule has 0 aliphatic carbocycles. The van der Waals surface area contributed by atoms with Crippen LogP contribution in [-0.4, -0.2) is 27.2 Å². The Morgan fingerprint density at radius 3 is 2.58 bits per heavy atom. The summed E-state index contributed by atoms with van der Waals surface area (Å²) in [6.07, 6.45) is -3.56. The van der Waals surface area contributed by atoms with Crippen LogP contribution in [0.3, 0.4) is 0 Å². The summed E-state index contributed by atoms with van der Waals surface area (Å²) < 4.78 is 38.0. The molecule has 0 bridgehead atoms. The lowest BCUT2D eigenvalue weighted by Gasteiger charge is -2.22. The molecule has 0 unspecified atom stereocenters. The second kappa shape index (κ2) is 6.54. The number of allylic oxidation sites excluding steroid dienone is 1. The summed E-state index contributed by atoms with van der Waals surface area (Å²) in [5.41, 5.74) is 2.96. The summed E-state index contributed by atoms with van der Waals surface area (Å²) >= 11 is 5.84. The lowest BCUT2D eigenvalue weighted by Crippen LogP contribution is -2.38. The van der Waals surface area contributed by atoms with Crippen molar-refractivity contribution in [3.8, 4) is 0 Å². The van der Waals surface area contributed by atoms with Crippen LogP contribution < -0.4 is 11.6 Å². The maximum absolute atomic E-state index is 12.7. The van der Waals surface area contributed by atoms with E-state index >= 15 is 0 Å². The Balaban J connectivity index is 2.36. The van der Waals surface area contributed by atoms with E-state index in [2.05, 4.69) is 4.98 Å². The number of fused-ring (bicyclic) bond motifs is 1. The van der Waals surface area contributed by atoms with Gasteiger partial charge in [-0.25, -0.2) is 10.6 Å². The zero-order valence-electron chi connectivity index (χ0n) is 12.0. The summed E-state index contributed by atoms with van der Waals surface area (Å²) in [6.45, 7) is -0.305. The van der Waals surface area contributed by atoms with Crippen molar-refractivity contribution >= 4 is 28.5 Å². The molecule has 0 spiro atoms. The fourth-order valence-electron chi connectivity index (χ4n) is 2.06. The lowest BCUT2D eigenvalue weighted by atomic mass is 10.1. The molecule has 1 aromatic carbocycles. The van der Waals surface area contributed by atoms with Crippen molar-refractivity contribution in [1.82, 2.24) is 9.99 Å². The number of carboxylic acids is 1. The summed E-state index contributed by atoms with van der Waals surface area (Å²) in [7, 11) is 0. The zero-order chi connectivity index (χ0) is 18.1. The van der Waals surface area contributed by atoms with E-state index in [9.17, 15) is 18.0 Å². The first-order valence-electron chi connectivity index (χ1n) is 6.46.